The minimum absolute atomic E-state index is 0.0267. The van der Waals surface area contributed by atoms with Crippen molar-refractivity contribution in [2.24, 2.45) is 5.11 Å². The molecule has 226 valence electrons. The number of esters is 1. The summed E-state index contributed by atoms with van der Waals surface area (Å²) in [4.78, 5) is 24.2. The second-order valence-electron chi connectivity index (χ2n) is 9.77. The lowest BCUT2D eigenvalue weighted by Crippen LogP contribution is -2.33. The number of nitrogens with zero attached hydrogens (tertiary/aromatic N) is 5. The van der Waals surface area contributed by atoms with Gasteiger partial charge in [0.25, 0.3) is 0 Å². The van der Waals surface area contributed by atoms with Gasteiger partial charge in [0, 0.05) is 11.0 Å². The molecule has 3 aromatic rings. The van der Waals surface area contributed by atoms with Crippen LogP contribution in [-0.4, -0.2) is 79.9 Å². The molecule has 1 aliphatic rings. The molecule has 7 atom stereocenters. The van der Waals surface area contributed by atoms with Crippen molar-refractivity contribution in [3.63, 3.8) is 0 Å². The van der Waals surface area contributed by atoms with Crippen molar-refractivity contribution >= 4 is 31.3 Å². The third kappa shape index (κ3) is 7.03. The quantitative estimate of drug-likeness (QED) is 0.124. The SMILES string of the molecule is COc1nc(N)nc2c1ncn2C1OC(CO[P+](=O)OCc2cc(CC(C)OC(=O)C(C)N=N)ccc2C)C(O)C1O. The number of benzene rings is 1. The summed E-state index contributed by atoms with van der Waals surface area (Å²) >= 11 is 0. The van der Waals surface area contributed by atoms with Crippen molar-refractivity contribution in [1.82, 2.24) is 19.5 Å². The van der Waals surface area contributed by atoms with Crippen LogP contribution < -0.4 is 10.5 Å². The van der Waals surface area contributed by atoms with E-state index >= 15 is 0 Å². The fraction of sp³-hybridized carbons (Fsp3) is 0.520. The minimum Gasteiger partial charge on any atom is -0.479 e. The lowest BCUT2D eigenvalue weighted by molar-refractivity contribution is -0.149. The highest BCUT2D eigenvalue weighted by Crippen LogP contribution is 2.35. The van der Waals surface area contributed by atoms with E-state index in [1.807, 2.05) is 25.1 Å². The number of imidazole rings is 1. The zero-order chi connectivity index (χ0) is 30.6. The number of nitrogens with one attached hydrogen (secondary N) is 1. The fourth-order valence-corrected chi connectivity index (χ4v) is 4.94. The van der Waals surface area contributed by atoms with Crippen molar-refractivity contribution in [3.8, 4) is 5.88 Å². The molecule has 17 heteroatoms. The minimum atomic E-state index is -2.61. The summed E-state index contributed by atoms with van der Waals surface area (Å²) in [5, 5.41) is 24.4. The molecule has 0 aliphatic carbocycles. The molecule has 0 spiro atoms. The Morgan fingerprint density at radius 3 is 2.74 bits per heavy atom. The Kier molecular flexibility index (Phi) is 10.1. The van der Waals surface area contributed by atoms with E-state index in [2.05, 4.69) is 20.1 Å². The lowest BCUT2D eigenvalue weighted by atomic mass is 10.0. The number of aliphatic hydroxyl groups excluding tert-OH is 2. The molecule has 1 aromatic carbocycles. The summed E-state index contributed by atoms with van der Waals surface area (Å²) < 4.78 is 40.9. The molecule has 3 heterocycles. The van der Waals surface area contributed by atoms with Gasteiger partial charge in [0.2, 0.25) is 11.8 Å². The van der Waals surface area contributed by atoms with Gasteiger partial charge in [-0.25, -0.2) is 15.3 Å². The van der Waals surface area contributed by atoms with E-state index in [0.29, 0.717) is 6.42 Å². The number of nitrogen functional groups attached to an aromatic ring is 1. The number of nitrogens with two attached hydrogens (primary N) is 1. The number of aryl methyl sites for hydroxylation is 1. The smallest absolute Gasteiger partial charge is 0.479 e. The van der Waals surface area contributed by atoms with Crippen LogP contribution in [0.15, 0.2) is 29.6 Å². The third-order valence-electron chi connectivity index (χ3n) is 6.67. The van der Waals surface area contributed by atoms with Crippen LogP contribution >= 0.6 is 8.25 Å². The fourth-order valence-electron chi connectivity index (χ4n) is 4.36. The predicted molar refractivity (Wildman–Crippen MR) is 146 cm³/mol. The van der Waals surface area contributed by atoms with Gasteiger partial charge in [-0.05, 0) is 37.5 Å². The molecule has 0 bridgehead atoms. The Hall–Kier alpha value is -3.66. The Labute approximate surface area is 241 Å². The van der Waals surface area contributed by atoms with Crippen LogP contribution in [0.1, 0.15) is 36.8 Å². The third-order valence-corrected chi connectivity index (χ3v) is 7.37. The highest BCUT2D eigenvalue weighted by Gasteiger charge is 2.46. The second-order valence-corrected chi connectivity index (χ2v) is 10.7. The summed E-state index contributed by atoms with van der Waals surface area (Å²) in [6, 6.07) is 4.75. The van der Waals surface area contributed by atoms with Gasteiger partial charge in [0.15, 0.2) is 23.4 Å². The van der Waals surface area contributed by atoms with Gasteiger partial charge in [0.1, 0.15) is 37.6 Å². The number of hydrogen-bond acceptors (Lipinski definition) is 15. The highest BCUT2D eigenvalue weighted by molar-refractivity contribution is 7.33. The van der Waals surface area contributed by atoms with Crippen molar-refractivity contribution in [1.29, 1.82) is 5.53 Å². The summed E-state index contributed by atoms with van der Waals surface area (Å²) in [5.41, 5.74) is 15.7. The van der Waals surface area contributed by atoms with E-state index in [1.165, 1.54) is 24.9 Å². The summed E-state index contributed by atoms with van der Waals surface area (Å²) in [6.07, 6.45) is -3.55. The molecule has 0 radical (unpaired) electrons. The van der Waals surface area contributed by atoms with E-state index in [4.69, 9.17) is 34.5 Å². The average molecular weight is 607 g/mol. The highest BCUT2D eigenvalue weighted by atomic mass is 31.1. The van der Waals surface area contributed by atoms with E-state index < -0.39 is 50.9 Å². The van der Waals surface area contributed by atoms with Gasteiger partial charge in [-0.2, -0.15) is 15.1 Å². The first-order valence-electron chi connectivity index (χ1n) is 13.0. The topological polar surface area (TPSA) is 227 Å². The van der Waals surface area contributed by atoms with Gasteiger partial charge < -0.3 is 30.2 Å². The predicted octanol–water partition coefficient (Wildman–Crippen LogP) is 2.13. The normalized spacial score (nSPS) is 22.1. The Balaban J connectivity index is 1.32. The van der Waals surface area contributed by atoms with Gasteiger partial charge in [-0.15, -0.1) is 9.05 Å². The van der Waals surface area contributed by atoms with E-state index in [1.54, 1.807) is 6.92 Å². The molecule has 42 heavy (non-hydrogen) atoms. The molecular formula is C25H33N7O9P+. The Bertz CT molecular complexity index is 1460. The number of methoxy groups -OCH3 is 1. The molecule has 16 nitrogen and oxygen atoms in total. The largest absolute Gasteiger partial charge is 0.697 e. The van der Waals surface area contributed by atoms with Crippen LogP contribution in [0, 0.1) is 12.5 Å². The molecular weight excluding hydrogens is 573 g/mol. The first kappa shape index (κ1) is 31.3. The molecule has 1 saturated heterocycles. The summed E-state index contributed by atoms with van der Waals surface area (Å²) in [7, 11) is -1.20. The molecule has 1 aliphatic heterocycles. The van der Waals surface area contributed by atoms with Crippen molar-refractivity contribution in [2.45, 2.75) is 70.5 Å². The molecule has 0 amide bonds. The van der Waals surface area contributed by atoms with Crippen molar-refractivity contribution < 1.29 is 42.8 Å². The number of aliphatic hydroxyl groups is 2. The number of carbonyl (C=O) groups excluding carboxylic acids is 1. The Morgan fingerprint density at radius 1 is 1.26 bits per heavy atom. The molecule has 1 fully saturated rings. The first-order chi connectivity index (χ1) is 20.0. The Morgan fingerprint density at radius 2 is 2.02 bits per heavy atom. The van der Waals surface area contributed by atoms with Crippen LogP contribution in [0.2, 0.25) is 0 Å². The molecule has 5 N–H and O–H groups in total. The lowest BCUT2D eigenvalue weighted by Gasteiger charge is -2.16. The van der Waals surface area contributed by atoms with Crippen molar-refractivity contribution in [2.75, 3.05) is 19.5 Å². The van der Waals surface area contributed by atoms with E-state index in [0.717, 1.165) is 16.7 Å². The molecule has 2 aromatic heterocycles. The monoisotopic (exact) mass is 606 g/mol. The van der Waals surface area contributed by atoms with Crippen LogP contribution in [0.5, 0.6) is 5.88 Å². The van der Waals surface area contributed by atoms with Gasteiger partial charge in [-0.1, -0.05) is 18.2 Å². The number of rotatable bonds is 13. The first-order valence-corrected chi connectivity index (χ1v) is 14.1. The maximum atomic E-state index is 12.5. The number of fused-ring (bicyclic) bond motifs is 1. The van der Waals surface area contributed by atoms with Crippen molar-refractivity contribution in [3.05, 3.63) is 41.2 Å². The van der Waals surface area contributed by atoms with Crippen LogP contribution in [-0.2, 0) is 40.9 Å². The molecule has 0 saturated carbocycles. The number of aromatic nitrogens is 4. The summed E-state index contributed by atoms with van der Waals surface area (Å²) in [5.74, 6) is -0.508. The maximum Gasteiger partial charge on any atom is 0.697 e. The summed E-state index contributed by atoms with van der Waals surface area (Å²) in [6.45, 7) is 4.74. The van der Waals surface area contributed by atoms with E-state index in [-0.39, 0.29) is 36.2 Å². The van der Waals surface area contributed by atoms with Crippen LogP contribution in [0.3, 0.4) is 0 Å². The van der Waals surface area contributed by atoms with Crippen LogP contribution in [0.25, 0.3) is 11.2 Å². The average Bonchev–Trinajstić information content (AvgIpc) is 3.50. The molecule has 7 unspecified atom stereocenters. The van der Waals surface area contributed by atoms with Crippen LogP contribution in [0.4, 0.5) is 5.95 Å². The van der Waals surface area contributed by atoms with E-state index in [9.17, 15) is 19.6 Å². The second kappa shape index (κ2) is 13.5. The van der Waals surface area contributed by atoms with Gasteiger partial charge >= 0.3 is 14.2 Å². The standard InChI is InChI=1S/C25H33N7O9P/c1-12-5-6-15(7-13(2)40-24(35)14(3)31-27)8-16(12)9-38-42(36)39-10-17-19(33)20(34)23(41-17)32-11-28-18-21(32)29-25(26)30-22(18)37-4/h5-6,8,11,13-14,17,19-20,23,27,33-34H,7,9-10H2,1-4H3,(H2,26,29,30)/q+1. The zero-order valence-electron chi connectivity index (χ0n) is 23.4. The zero-order valence-corrected chi connectivity index (χ0v) is 24.3. The number of ether oxygens (including phenoxy) is 3. The molecule has 4 rings (SSSR count). The number of anilines is 1. The maximum absolute atomic E-state index is 12.5. The van der Waals surface area contributed by atoms with Gasteiger partial charge in [-0.3, -0.25) is 4.57 Å². The van der Waals surface area contributed by atoms with Gasteiger partial charge in [0.05, 0.1) is 13.4 Å². The number of hydrogen-bond donors (Lipinski definition) is 4. The number of carbonyl (C=O) groups is 1.